The number of Topliss-reactive ketones (excluding diaryl/α,β-unsaturated/α-hetero) is 1. The Kier molecular flexibility index (Phi) is 7.52. The van der Waals surface area contributed by atoms with Crippen molar-refractivity contribution in [1.82, 2.24) is 4.90 Å². The SMILES string of the molecule is C/C=C/CCCCC(=O)C(C)C(=O)N1CCCC1OC. The standard InChI is InChI=1S/C16H27NO3/c1-4-5-6-7-8-10-14(18)13(2)16(19)17-12-9-11-15(17)20-3/h4-5,13,15H,6-12H2,1-3H3/b5-4+. The van der Waals surface area contributed by atoms with E-state index in [9.17, 15) is 9.59 Å². The maximum Gasteiger partial charge on any atom is 0.234 e. The van der Waals surface area contributed by atoms with Crippen molar-refractivity contribution in [3.8, 4) is 0 Å². The maximum atomic E-state index is 12.3. The summed E-state index contributed by atoms with van der Waals surface area (Å²) in [7, 11) is 1.62. The van der Waals surface area contributed by atoms with Gasteiger partial charge in [0.05, 0.1) is 5.92 Å². The largest absolute Gasteiger partial charge is 0.362 e. The van der Waals surface area contributed by atoms with E-state index in [4.69, 9.17) is 4.74 Å². The van der Waals surface area contributed by atoms with Crippen molar-refractivity contribution in [3.05, 3.63) is 12.2 Å². The number of ketones is 1. The molecule has 1 amide bonds. The topological polar surface area (TPSA) is 46.6 Å². The zero-order valence-electron chi connectivity index (χ0n) is 12.9. The molecule has 114 valence electrons. The number of ether oxygens (including phenoxy) is 1. The number of hydrogen-bond donors (Lipinski definition) is 0. The third-order valence-electron chi connectivity index (χ3n) is 3.89. The maximum absolute atomic E-state index is 12.3. The summed E-state index contributed by atoms with van der Waals surface area (Å²) in [5.41, 5.74) is 0. The van der Waals surface area contributed by atoms with Gasteiger partial charge in [0.2, 0.25) is 5.91 Å². The van der Waals surface area contributed by atoms with Crippen LogP contribution in [0.15, 0.2) is 12.2 Å². The second kappa shape index (κ2) is 8.90. The van der Waals surface area contributed by atoms with E-state index >= 15 is 0 Å². The van der Waals surface area contributed by atoms with Gasteiger partial charge < -0.3 is 9.64 Å². The van der Waals surface area contributed by atoms with Crippen molar-refractivity contribution >= 4 is 11.7 Å². The van der Waals surface area contributed by atoms with Crippen LogP contribution in [0.5, 0.6) is 0 Å². The first-order valence-electron chi connectivity index (χ1n) is 7.59. The number of carbonyl (C=O) groups is 2. The Hall–Kier alpha value is -1.16. The molecule has 4 heteroatoms. The van der Waals surface area contributed by atoms with E-state index in [1.807, 2.05) is 13.0 Å². The minimum absolute atomic E-state index is 0.0530. The van der Waals surface area contributed by atoms with E-state index in [1.54, 1.807) is 18.9 Å². The predicted octanol–water partition coefficient (Wildman–Crippen LogP) is 2.92. The fourth-order valence-corrected chi connectivity index (χ4v) is 2.56. The van der Waals surface area contributed by atoms with Crippen LogP contribution in [0.3, 0.4) is 0 Å². The van der Waals surface area contributed by atoms with Crippen LogP contribution in [0.1, 0.15) is 52.4 Å². The average Bonchev–Trinajstić information content (AvgIpc) is 2.93. The molecule has 0 radical (unpaired) electrons. The Balaban J connectivity index is 2.37. The van der Waals surface area contributed by atoms with Gasteiger partial charge in [-0.15, -0.1) is 0 Å². The molecule has 1 saturated heterocycles. The summed E-state index contributed by atoms with van der Waals surface area (Å²) >= 11 is 0. The molecule has 0 saturated carbocycles. The van der Waals surface area contributed by atoms with E-state index in [2.05, 4.69) is 6.08 Å². The van der Waals surface area contributed by atoms with Gasteiger partial charge in [-0.25, -0.2) is 0 Å². The molecule has 1 heterocycles. The monoisotopic (exact) mass is 281 g/mol. The average molecular weight is 281 g/mol. The normalized spacial score (nSPS) is 20.6. The Morgan fingerprint density at radius 3 is 2.80 bits per heavy atom. The highest BCUT2D eigenvalue weighted by molar-refractivity contribution is 6.01. The lowest BCUT2D eigenvalue weighted by molar-refractivity contribution is -0.147. The Bertz CT molecular complexity index is 352. The summed E-state index contributed by atoms with van der Waals surface area (Å²) in [5.74, 6) is -0.558. The minimum Gasteiger partial charge on any atom is -0.362 e. The summed E-state index contributed by atoms with van der Waals surface area (Å²) in [6.07, 6.45) is 9.16. The zero-order valence-corrected chi connectivity index (χ0v) is 12.9. The number of rotatable bonds is 8. The van der Waals surface area contributed by atoms with Crippen LogP contribution in [0.2, 0.25) is 0 Å². The molecule has 1 rings (SSSR count). The lowest BCUT2D eigenvalue weighted by Crippen LogP contribution is -2.42. The summed E-state index contributed by atoms with van der Waals surface area (Å²) < 4.78 is 5.29. The summed E-state index contributed by atoms with van der Waals surface area (Å²) in [5, 5.41) is 0. The molecule has 2 unspecified atom stereocenters. The summed E-state index contributed by atoms with van der Waals surface area (Å²) in [6, 6.07) is 0. The van der Waals surface area contributed by atoms with Crippen LogP contribution in [0.4, 0.5) is 0 Å². The highest BCUT2D eigenvalue weighted by atomic mass is 16.5. The van der Waals surface area contributed by atoms with Gasteiger partial charge in [0.15, 0.2) is 0 Å². The first-order chi connectivity index (χ1) is 9.61. The third kappa shape index (κ3) is 4.75. The molecule has 0 aromatic heterocycles. The van der Waals surface area contributed by atoms with E-state index in [-0.39, 0.29) is 17.9 Å². The number of methoxy groups -OCH3 is 1. The first kappa shape index (κ1) is 16.9. The number of amides is 1. The van der Waals surface area contributed by atoms with Crippen LogP contribution in [-0.4, -0.2) is 36.5 Å². The van der Waals surface area contributed by atoms with Gasteiger partial charge in [-0.1, -0.05) is 12.2 Å². The van der Waals surface area contributed by atoms with Gasteiger partial charge in [0, 0.05) is 20.1 Å². The molecule has 1 aliphatic heterocycles. The molecule has 0 aliphatic carbocycles. The minimum atomic E-state index is -0.535. The lowest BCUT2D eigenvalue weighted by atomic mass is 9.99. The predicted molar refractivity (Wildman–Crippen MR) is 79.2 cm³/mol. The number of hydrogen-bond acceptors (Lipinski definition) is 3. The molecule has 20 heavy (non-hydrogen) atoms. The molecule has 1 fully saturated rings. The molecular weight excluding hydrogens is 254 g/mol. The lowest BCUT2D eigenvalue weighted by Gasteiger charge is -2.25. The van der Waals surface area contributed by atoms with E-state index in [1.165, 1.54) is 0 Å². The molecule has 0 aromatic rings. The molecule has 0 spiro atoms. The zero-order chi connectivity index (χ0) is 15.0. The fourth-order valence-electron chi connectivity index (χ4n) is 2.56. The molecular formula is C16H27NO3. The number of carbonyl (C=O) groups excluding carboxylic acids is 2. The molecule has 0 bridgehead atoms. The first-order valence-corrected chi connectivity index (χ1v) is 7.59. The van der Waals surface area contributed by atoms with Gasteiger partial charge in [0.1, 0.15) is 12.0 Å². The Morgan fingerprint density at radius 2 is 2.15 bits per heavy atom. The second-order valence-corrected chi connectivity index (χ2v) is 5.37. The van der Waals surface area contributed by atoms with Crippen LogP contribution >= 0.6 is 0 Å². The summed E-state index contributed by atoms with van der Waals surface area (Å²) in [4.78, 5) is 26.1. The van der Waals surface area contributed by atoms with Gasteiger partial charge in [-0.3, -0.25) is 9.59 Å². The van der Waals surface area contributed by atoms with Crippen molar-refractivity contribution in [1.29, 1.82) is 0 Å². The van der Waals surface area contributed by atoms with E-state index in [0.29, 0.717) is 13.0 Å². The number of nitrogens with zero attached hydrogens (tertiary/aromatic N) is 1. The summed E-state index contributed by atoms with van der Waals surface area (Å²) in [6.45, 7) is 4.42. The number of likely N-dealkylation sites (tertiary alicyclic amines) is 1. The molecule has 0 aromatic carbocycles. The van der Waals surface area contributed by atoms with Crippen molar-refractivity contribution in [2.45, 2.75) is 58.6 Å². The van der Waals surface area contributed by atoms with Crippen molar-refractivity contribution in [2.24, 2.45) is 5.92 Å². The van der Waals surface area contributed by atoms with Gasteiger partial charge in [-0.2, -0.15) is 0 Å². The highest BCUT2D eigenvalue weighted by Crippen LogP contribution is 2.21. The molecule has 0 N–H and O–H groups in total. The fraction of sp³-hybridized carbons (Fsp3) is 0.750. The van der Waals surface area contributed by atoms with Crippen LogP contribution in [0.25, 0.3) is 0 Å². The smallest absolute Gasteiger partial charge is 0.234 e. The van der Waals surface area contributed by atoms with Crippen molar-refractivity contribution in [2.75, 3.05) is 13.7 Å². The highest BCUT2D eigenvalue weighted by Gasteiger charge is 2.33. The second-order valence-electron chi connectivity index (χ2n) is 5.37. The van der Waals surface area contributed by atoms with Crippen LogP contribution in [0, 0.1) is 5.92 Å². The Labute approximate surface area is 122 Å². The Morgan fingerprint density at radius 1 is 1.40 bits per heavy atom. The van der Waals surface area contributed by atoms with Gasteiger partial charge >= 0.3 is 0 Å². The third-order valence-corrected chi connectivity index (χ3v) is 3.89. The molecule has 2 atom stereocenters. The molecule has 4 nitrogen and oxygen atoms in total. The van der Waals surface area contributed by atoms with Gasteiger partial charge in [-0.05, 0) is 46.0 Å². The number of allylic oxidation sites excluding steroid dienone is 2. The van der Waals surface area contributed by atoms with Crippen LogP contribution < -0.4 is 0 Å². The van der Waals surface area contributed by atoms with E-state index < -0.39 is 5.92 Å². The van der Waals surface area contributed by atoms with Crippen LogP contribution in [-0.2, 0) is 14.3 Å². The number of unbranched alkanes of at least 4 members (excludes halogenated alkanes) is 2. The van der Waals surface area contributed by atoms with Gasteiger partial charge in [0.25, 0.3) is 0 Å². The van der Waals surface area contributed by atoms with E-state index in [0.717, 1.165) is 32.1 Å². The molecule has 1 aliphatic rings. The quantitative estimate of drug-likeness (QED) is 0.390. The van der Waals surface area contributed by atoms with Crippen molar-refractivity contribution < 1.29 is 14.3 Å². The van der Waals surface area contributed by atoms with Crippen molar-refractivity contribution in [3.63, 3.8) is 0 Å².